The Kier molecular flexibility index (Phi) is 7.67. The first kappa shape index (κ1) is 21.3. The molecule has 0 bridgehead atoms. The van der Waals surface area contributed by atoms with Gasteiger partial charge in [-0.15, -0.1) is 0 Å². The van der Waals surface area contributed by atoms with Gasteiger partial charge < -0.3 is 15.3 Å². The van der Waals surface area contributed by atoms with Crippen LogP contribution in [0.1, 0.15) is 63.4 Å². The average molecular weight is 401 g/mol. The zero-order valence-electron chi connectivity index (χ0n) is 17.0. The maximum atomic E-state index is 12.9. The Hall–Kier alpha value is -2.37. The van der Waals surface area contributed by atoms with E-state index in [-0.39, 0.29) is 18.2 Å². The molecule has 1 aliphatic heterocycles. The molecule has 2 fully saturated rings. The summed E-state index contributed by atoms with van der Waals surface area (Å²) in [4.78, 5) is 39.1. The fourth-order valence-electron chi connectivity index (χ4n) is 4.59. The molecule has 1 heterocycles. The molecule has 3 rings (SSSR count). The number of hydrogen-bond donors (Lipinski definition) is 2. The molecule has 1 saturated carbocycles. The van der Waals surface area contributed by atoms with Crippen LogP contribution in [0.25, 0.3) is 0 Å². The topological polar surface area (TPSA) is 86.7 Å². The molecule has 6 nitrogen and oxygen atoms in total. The fraction of sp³-hybridized carbons (Fsp3) is 0.609. The van der Waals surface area contributed by atoms with Gasteiger partial charge >= 0.3 is 5.97 Å². The third-order valence-electron chi connectivity index (χ3n) is 6.26. The lowest BCUT2D eigenvalue weighted by Crippen LogP contribution is -2.55. The van der Waals surface area contributed by atoms with Gasteiger partial charge in [-0.1, -0.05) is 56.0 Å². The minimum atomic E-state index is -1.06. The highest BCUT2D eigenvalue weighted by molar-refractivity contribution is 5.90. The zero-order chi connectivity index (χ0) is 20.6. The molecule has 1 saturated heterocycles. The number of carboxylic acids is 1. The first-order chi connectivity index (χ1) is 14.0. The SMILES string of the molecule is O=C(N[C@@H](Cc1ccccc1)C(=O)O)C1CCCCN1C(=O)CCC1CCCC1. The van der Waals surface area contributed by atoms with E-state index in [1.165, 1.54) is 25.7 Å². The number of aliphatic carboxylic acids is 1. The predicted octanol–water partition coefficient (Wildman–Crippen LogP) is 3.15. The van der Waals surface area contributed by atoms with Crippen molar-refractivity contribution in [1.29, 1.82) is 0 Å². The van der Waals surface area contributed by atoms with E-state index in [2.05, 4.69) is 5.32 Å². The molecule has 2 atom stereocenters. The van der Waals surface area contributed by atoms with Crippen LogP contribution in [0.2, 0.25) is 0 Å². The molecule has 0 spiro atoms. The number of carbonyl (C=O) groups excluding carboxylic acids is 2. The number of benzene rings is 1. The van der Waals surface area contributed by atoms with Gasteiger partial charge in [-0.25, -0.2) is 4.79 Å². The van der Waals surface area contributed by atoms with E-state index in [0.29, 0.717) is 25.3 Å². The molecule has 6 heteroatoms. The monoisotopic (exact) mass is 400 g/mol. The lowest BCUT2D eigenvalue weighted by Gasteiger charge is -2.35. The highest BCUT2D eigenvalue weighted by Gasteiger charge is 2.34. The van der Waals surface area contributed by atoms with Crippen LogP contribution in [0.5, 0.6) is 0 Å². The second-order valence-electron chi connectivity index (χ2n) is 8.38. The first-order valence-electron chi connectivity index (χ1n) is 10.9. The number of amides is 2. The number of nitrogens with zero attached hydrogens (tertiary/aromatic N) is 1. The number of piperidine rings is 1. The predicted molar refractivity (Wildman–Crippen MR) is 110 cm³/mol. The summed E-state index contributed by atoms with van der Waals surface area (Å²) in [7, 11) is 0. The first-order valence-corrected chi connectivity index (χ1v) is 10.9. The van der Waals surface area contributed by atoms with Crippen molar-refractivity contribution in [2.24, 2.45) is 5.92 Å². The number of hydrogen-bond acceptors (Lipinski definition) is 3. The minimum absolute atomic E-state index is 0.0340. The lowest BCUT2D eigenvalue weighted by molar-refractivity contribution is -0.146. The van der Waals surface area contributed by atoms with Gasteiger partial charge in [-0.05, 0) is 37.2 Å². The molecular formula is C23H32N2O4. The van der Waals surface area contributed by atoms with E-state index in [4.69, 9.17) is 0 Å². The van der Waals surface area contributed by atoms with Gasteiger partial charge in [-0.3, -0.25) is 9.59 Å². The summed E-state index contributed by atoms with van der Waals surface area (Å²) in [6.07, 6.45) is 8.90. The highest BCUT2D eigenvalue weighted by atomic mass is 16.4. The smallest absolute Gasteiger partial charge is 0.326 e. The van der Waals surface area contributed by atoms with E-state index in [0.717, 1.165) is 24.8 Å². The number of likely N-dealkylation sites (tertiary alicyclic amines) is 1. The largest absolute Gasteiger partial charge is 0.480 e. The third-order valence-corrected chi connectivity index (χ3v) is 6.26. The van der Waals surface area contributed by atoms with Gasteiger partial charge in [0.05, 0.1) is 0 Å². The molecule has 0 aromatic heterocycles. The molecule has 1 aromatic carbocycles. The van der Waals surface area contributed by atoms with Crippen LogP contribution in [-0.2, 0) is 20.8 Å². The lowest BCUT2D eigenvalue weighted by atomic mass is 9.97. The number of carboxylic acid groups (broad SMARTS) is 1. The normalized spacial score (nSPS) is 21.0. The summed E-state index contributed by atoms with van der Waals surface area (Å²) in [5.41, 5.74) is 0.855. The Morgan fingerprint density at radius 1 is 1.03 bits per heavy atom. The van der Waals surface area contributed by atoms with Crippen molar-refractivity contribution in [1.82, 2.24) is 10.2 Å². The van der Waals surface area contributed by atoms with Crippen LogP contribution >= 0.6 is 0 Å². The summed E-state index contributed by atoms with van der Waals surface area (Å²) in [5, 5.41) is 12.3. The molecule has 2 N–H and O–H groups in total. The van der Waals surface area contributed by atoms with E-state index in [1.54, 1.807) is 4.90 Å². The van der Waals surface area contributed by atoms with E-state index in [9.17, 15) is 19.5 Å². The van der Waals surface area contributed by atoms with Gasteiger partial charge in [0, 0.05) is 19.4 Å². The second kappa shape index (κ2) is 10.4. The summed E-state index contributed by atoms with van der Waals surface area (Å²) < 4.78 is 0. The quantitative estimate of drug-likeness (QED) is 0.702. The van der Waals surface area contributed by atoms with Crippen molar-refractivity contribution < 1.29 is 19.5 Å². The van der Waals surface area contributed by atoms with Crippen molar-refractivity contribution in [3.63, 3.8) is 0 Å². The summed E-state index contributed by atoms with van der Waals surface area (Å²) in [6, 6.07) is 7.71. The van der Waals surface area contributed by atoms with E-state index >= 15 is 0 Å². The Labute approximate surface area is 172 Å². The fourth-order valence-corrected chi connectivity index (χ4v) is 4.59. The zero-order valence-corrected chi connectivity index (χ0v) is 17.0. The van der Waals surface area contributed by atoms with Gasteiger partial charge in [0.2, 0.25) is 11.8 Å². The van der Waals surface area contributed by atoms with Gasteiger partial charge in [0.25, 0.3) is 0 Å². The molecule has 2 aliphatic rings. The van der Waals surface area contributed by atoms with Crippen LogP contribution in [0, 0.1) is 5.92 Å². The van der Waals surface area contributed by atoms with Crippen molar-refractivity contribution in [3.05, 3.63) is 35.9 Å². The van der Waals surface area contributed by atoms with E-state index < -0.39 is 18.1 Å². The summed E-state index contributed by atoms with van der Waals surface area (Å²) >= 11 is 0. The molecule has 0 radical (unpaired) electrons. The molecule has 1 aromatic rings. The Morgan fingerprint density at radius 3 is 2.41 bits per heavy atom. The van der Waals surface area contributed by atoms with Crippen LogP contribution in [-0.4, -0.2) is 46.4 Å². The average Bonchev–Trinajstić information content (AvgIpc) is 3.26. The molecule has 2 amide bonds. The molecular weight excluding hydrogens is 368 g/mol. The summed E-state index contributed by atoms with van der Waals surface area (Å²) in [6.45, 7) is 0.581. The van der Waals surface area contributed by atoms with Gasteiger partial charge in [0.15, 0.2) is 0 Å². The number of rotatable bonds is 8. The van der Waals surface area contributed by atoms with Crippen molar-refractivity contribution in [2.45, 2.75) is 76.3 Å². The number of carbonyl (C=O) groups is 3. The maximum absolute atomic E-state index is 12.9. The second-order valence-corrected chi connectivity index (χ2v) is 8.38. The molecule has 29 heavy (non-hydrogen) atoms. The van der Waals surface area contributed by atoms with Gasteiger partial charge in [0.1, 0.15) is 12.1 Å². The number of nitrogens with one attached hydrogen (secondary N) is 1. The van der Waals surface area contributed by atoms with Crippen LogP contribution in [0.4, 0.5) is 0 Å². The highest BCUT2D eigenvalue weighted by Crippen LogP contribution is 2.29. The van der Waals surface area contributed by atoms with Crippen molar-refractivity contribution >= 4 is 17.8 Å². The maximum Gasteiger partial charge on any atom is 0.326 e. The third kappa shape index (κ3) is 6.05. The molecule has 158 valence electrons. The Morgan fingerprint density at radius 2 is 1.72 bits per heavy atom. The molecule has 1 unspecified atom stereocenters. The van der Waals surface area contributed by atoms with E-state index in [1.807, 2.05) is 30.3 Å². The van der Waals surface area contributed by atoms with Crippen LogP contribution in [0.15, 0.2) is 30.3 Å². The van der Waals surface area contributed by atoms with Gasteiger partial charge in [-0.2, -0.15) is 0 Å². The minimum Gasteiger partial charge on any atom is -0.480 e. The van der Waals surface area contributed by atoms with Crippen LogP contribution < -0.4 is 5.32 Å². The standard InChI is InChI=1S/C23H32N2O4/c26-21(14-13-17-8-4-5-9-17)25-15-7-6-12-20(25)22(27)24-19(23(28)29)16-18-10-2-1-3-11-18/h1-3,10-11,17,19-20H,4-9,12-16H2,(H,24,27)(H,28,29)/t19-,20?/m0/s1. The Balaban J connectivity index is 1.59. The van der Waals surface area contributed by atoms with Crippen molar-refractivity contribution in [2.75, 3.05) is 6.54 Å². The summed E-state index contributed by atoms with van der Waals surface area (Å²) in [5.74, 6) is -0.732. The van der Waals surface area contributed by atoms with Crippen LogP contribution in [0.3, 0.4) is 0 Å². The Bertz CT molecular complexity index is 700. The molecule has 1 aliphatic carbocycles. The van der Waals surface area contributed by atoms with Crippen molar-refractivity contribution in [3.8, 4) is 0 Å².